The van der Waals surface area contributed by atoms with Crippen molar-refractivity contribution >= 4 is 50.4 Å². The molecule has 0 unspecified atom stereocenters. The highest BCUT2D eigenvalue weighted by atomic mass is 32.2. The summed E-state index contributed by atoms with van der Waals surface area (Å²) in [6, 6.07) is 7.60. The molecule has 1 amide bonds. The molecular formula is C13H13NO4S3. The summed E-state index contributed by atoms with van der Waals surface area (Å²) in [5.74, 6) is -0.867. The fourth-order valence-corrected chi connectivity index (χ4v) is 3.50. The lowest BCUT2D eigenvalue weighted by atomic mass is 10.1. The summed E-state index contributed by atoms with van der Waals surface area (Å²) in [4.78, 5) is 13.9. The molecule has 0 bridgehead atoms. The van der Waals surface area contributed by atoms with Gasteiger partial charge in [0.05, 0.1) is 10.7 Å². The van der Waals surface area contributed by atoms with Gasteiger partial charge in [0.1, 0.15) is 4.32 Å². The van der Waals surface area contributed by atoms with E-state index in [1.807, 2.05) is 31.2 Å². The molecule has 0 spiro atoms. The topological polar surface area (TPSA) is 74.7 Å². The van der Waals surface area contributed by atoms with E-state index in [0.29, 0.717) is 9.23 Å². The lowest BCUT2D eigenvalue weighted by Gasteiger charge is -2.12. The first-order valence-corrected chi connectivity index (χ1v) is 8.87. The predicted octanol–water partition coefficient (Wildman–Crippen LogP) is 2.08. The number of hydrogen-bond donors (Lipinski definition) is 1. The van der Waals surface area contributed by atoms with Crippen LogP contribution in [0.3, 0.4) is 0 Å². The van der Waals surface area contributed by atoms with Crippen LogP contribution in [-0.2, 0) is 14.9 Å². The van der Waals surface area contributed by atoms with E-state index in [1.54, 1.807) is 6.08 Å². The summed E-state index contributed by atoms with van der Waals surface area (Å²) in [5.41, 5.74) is 1.94. The Morgan fingerprint density at radius 3 is 2.67 bits per heavy atom. The monoisotopic (exact) mass is 343 g/mol. The van der Waals surface area contributed by atoms with Crippen molar-refractivity contribution < 1.29 is 17.8 Å². The zero-order valence-corrected chi connectivity index (χ0v) is 13.6. The van der Waals surface area contributed by atoms with Gasteiger partial charge >= 0.3 is 0 Å². The standard InChI is InChI=1S/C13H13NO4S3/c1-9-4-2-3-5-10(9)8-11-12(15)14(13(19)20-11)6-7-21(16,17)18/h2-5,8H,6-7H2,1H3,(H,16,17,18). The largest absolute Gasteiger partial charge is 0.292 e. The van der Waals surface area contributed by atoms with Gasteiger partial charge in [0.2, 0.25) is 0 Å². The van der Waals surface area contributed by atoms with Gasteiger partial charge in [-0.25, -0.2) is 0 Å². The lowest BCUT2D eigenvalue weighted by molar-refractivity contribution is -0.121. The summed E-state index contributed by atoms with van der Waals surface area (Å²) in [6.07, 6.45) is 1.74. The van der Waals surface area contributed by atoms with Crippen molar-refractivity contribution in [1.29, 1.82) is 0 Å². The quantitative estimate of drug-likeness (QED) is 0.513. The highest BCUT2D eigenvalue weighted by Gasteiger charge is 2.32. The molecular weight excluding hydrogens is 330 g/mol. The maximum absolute atomic E-state index is 12.2. The zero-order valence-electron chi connectivity index (χ0n) is 11.1. The molecule has 1 aliphatic rings. The number of aryl methyl sites for hydroxylation is 1. The first-order chi connectivity index (χ1) is 9.78. The van der Waals surface area contributed by atoms with Crippen LogP contribution >= 0.6 is 24.0 Å². The van der Waals surface area contributed by atoms with Gasteiger partial charge in [0, 0.05) is 6.54 Å². The van der Waals surface area contributed by atoms with E-state index in [4.69, 9.17) is 16.8 Å². The van der Waals surface area contributed by atoms with Gasteiger partial charge < -0.3 is 0 Å². The third-order valence-corrected chi connectivity index (χ3v) is 5.00. The van der Waals surface area contributed by atoms with Crippen LogP contribution in [0.2, 0.25) is 0 Å². The molecule has 112 valence electrons. The van der Waals surface area contributed by atoms with Gasteiger partial charge in [0.25, 0.3) is 16.0 Å². The van der Waals surface area contributed by atoms with E-state index in [0.717, 1.165) is 22.9 Å². The summed E-state index contributed by atoms with van der Waals surface area (Å²) in [7, 11) is -4.12. The molecule has 0 atom stereocenters. The number of carbonyl (C=O) groups excluding carboxylic acids is 1. The molecule has 0 aromatic heterocycles. The average Bonchev–Trinajstić information content (AvgIpc) is 2.64. The molecule has 2 rings (SSSR count). The minimum absolute atomic E-state index is 0.144. The van der Waals surface area contributed by atoms with Gasteiger partial charge in [-0.2, -0.15) is 8.42 Å². The number of hydrogen-bond acceptors (Lipinski definition) is 5. The Balaban J connectivity index is 2.20. The average molecular weight is 343 g/mol. The summed E-state index contributed by atoms with van der Waals surface area (Å²) in [5, 5.41) is 0. The number of rotatable bonds is 4. The molecule has 1 N–H and O–H groups in total. The second kappa shape index (κ2) is 6.27. The zero-order chi connectivity index (χ0) is 15.6. The third-order valence-electron chi connectivity index (χ3n) is 2.92. The predicted molar refractivity (Wildman–Crippen MR) is 87.5 cm³/mol. The van der Waals surface area contributed by atoms with Crippen molar-refractivity contribution in [3.63, 3.8) is 0 Å². The van der Waals surface area contributed by atoms with Crippen molar-refractivity contribution in [1.82, 2.24) is 4.90 Å². The number of carbonyl (C=O) groups is 1. The number of benzene rings is 1. The number of amides is 1. The van der Waals surface area contributed by atoms with Crippen molar-refractivity contribution in [3.8, 4) is 0 Å². The summed E-state index contributed by atoms with van der Waals surface area (Å²) in [6.45, 7) is 1.79. The first-order valence-electron chi connectivity index (χ1n) is 6.04. The highest BCUT2D eigenvalue weighted by molar-refractivity contribution is 8.26. The molecule has 0 radical (unpaired) electrons. The summed E-state index contributed by atoms with van der Waals surface area (Å²) >= 11 is 6.21. The van der Waals surface area contributed by atoms with Crippen LogP contribution in [0, 0.1) is 6.92 Å². The Bertz CT molecular complexity index is 725. The van der Waals surface area contributed by atoms with Crippen LogP contribution in [0.5, 0.6) is 0 Å². The van der Waals surface area contributed by atoms with E-state index >= 15 is 0 Å². The van der Waals surface area contributed by atoms with Crippen molar-refractivity contribution in [2.24, 2.45) is 0 Å². The smallest absolute Gasteiger partial charge is 0.266 e. The summed E-state index contributed by atoms with van der Waals surface area (Å²) < 4.78 is 30.6. The molecule has 8 heteroatoms. The minimum Gasteiger partial charge on any atom is -0.292 e. The first kappa shape index (κ1) is 16.2. The van der Waals surface area contributed by atoms with Crippen molar-refractivity contribution in [2.75, 3.05) is 12.3 Å². The Kier molecular flexibility index (Phi) is 4.82. The molecule has 0 aliphatic carbocycles. The fraction of sp³-hybridized carbons (Fsp3) is 0.231. The Morgan fingerprint density at radius 1 is 1.38 bits per heavy atom. The van der Waals surface area contributed by atoms with Crippen LogP contribution in [-0.4, -0.2) is 40.4 Å². The molecule has 1 saturated heterocycles. The molecule has 1 aromatic carbocycles. The maximum atomic E-state index is 12.2. The van der Waals surface area contributed by atoms with Gasteiger partial charge in [-0.05, 0) is 24.1 Å². The fourth-order valence-electron chi connectivity index (χ4n) is 1.79. The molecule has 1 heterocycles. The van der Waals surface area contributed by atoms with E-state index < -0.39 is 15.9 Å². The highest BCUT2D eigenvalue weighted by Crippen LogP contribution is 2.32. The van der Waals surface area contributed by atoms with Crippen LogP contribution in [0.1, 0.15) is 11.1 Å². The second-order valence-electron chi connectivity index (χ2n) is 4.48. The van der Waals surface area contributed by atoms with Gasteiger partial charge in [0.15, 0.2) is 0 Å². The minimum atomic E-state index is -4.12. The van der Waals surface area contributed by atoms with Crippen LogP contribution < -0.4 is 0 Å². The maximum Gasteiger partial charge on any atom is 0.266 e. The van der Waals surface area contributed by atoms with Crippen LogP contribution in [0.4, 0.5) is 0 Å². The Hall–Kier alpha value is -1.22. The molecule has 5 nitrogen and oxygen atoms in total. The third kappa shape index (κ3) is 4.13. The van der Waals surface area contributed by atoms with E-state index in [9.17, 15) is 13.2 Å². The van der Waals surface area contributed by atoms with Crippen LogP contribution in [0.15, 0.2) is 29.2 Å². The molecule has 1 fully saturated rings. The molecule has 21 heavy (non-hydrogen) atoms. The van der Waals surface area contributed by atoms with Crippen molar-refractivity contribution in [3.05, 3.63) is 40.3 Å². The number of thioether (sulfide) groups is 1. The van der Waals surface area contributed by atoms with E-state index in [2.05, 4.69) is 0 Å². The van der Waals surface area contributed by atoms with Gasteiger partial charge in [-0.3, -0.25) is 14.2 Å². The Labute approximate surface area is 132 Å². The molecule has 0 saturated carbocycles. The lowest BCUT2D eigenvalue weighted by Crippen LogP contribution is -2.32. The van der Waals surface area contributed by atoms with E-state index in [-0.39, 0.29) is 12.5 Å². The van der Waals surface area contributed by atoms with Gasteiger partial charge in [-0.1, -0.05) is 48.2 Å². The van der Waals surface area contributed by atoms with Crippen molar-refractivity contribution in [2.45, 2.75) is 6.92 Å². The molecule has 1 aromatic rings. The van der Waals surface area contributed by atoms with E-state index in [1.165, 1.54) is 4.90 Å². The van der Waals surface area contributed by atoms with Gasteiger partial charge in [-0.15, -0.1) is 0 Å². The second-order valence-corrected chi connectivity index (χ2v) is 7.72. The SMILES string of the molecule is Cc1ccccc1C=C1SC(=S)N(CCS(=O)(=O)O)C1=O. The van der Waals surface area contributed by atoms with Crippen LogP contribution in [0.25, 0.3) is 6.08 Å². The number of nitrogens with zero attached hydrogens (tertiary/aromatic N) is 1. The Morgan fingerprint density at radius 2 is 2.05 bits per heavy atom. The number of thiocarbonyl (C=S) groups is 1. The normalized spacial score (nSPS) is 17.8. The molecule has 1 aliphatic heterocycles.